The van der Waals surface area contributed by atoms with Gasteiger partial charge >= 0.3 is 6.03 Å². The van der Waals surface area contributed by atoms with E-state index in [1.165, 1.54) is 21.1 Å². The molecule has 9 nitrogen and oxygen atoms in total. The molecule has 2 heterocycles. The molecule has 0 bridgehead atoms. The number of hydrogen-bond acceptors (Lipinski definition) is 7. The van der Waals surface area contributed by atoms with Gasteiger partial charge in [-0.1, -0.05) is 0 Å². The van der Waals surface area contributed by atoms with Gasteiger partial charge < -0.3 is 19.7 Å². The van der Waals surface area contributed by atoms with Crippen LogP contribution in [0, 0.1) is 6.92 Å². The Labute approximate surface area is 178 Å². The minimum absolute atomic E-state index is 0.0857. The molecule has 1 aromatic heterocycles. The van der Waals surface area contributed by atoms with Crippen molar-refractivity contribution in [3.63, 3.8) is 0 Å². The van der Waals surface area contributed by atoms with Crippen molar-refractivity contribution in [1.82, 2.24) is 14.8 Å². The fourth-order valence-corrected chi connectivity index (χ4v) is 4.02. The van der Waals surface area contributed by atoms with Crippen molar-refractivity contribution in [3.8, 4) is 22.8 Å². The lowest BCUT2D eigenvalue weighted by Gasteiger charge is -2.13. The highest BCUT2D eigenvalue weighted by atomic mass is 32.1. The maximum atomic E-state index is 12.3. The zero-order chi connectivity index (χ0) is 21.8. The molecule has 30 heavy (non-hydrogen) atoms. The molecule has 0 saturated carbocycles. The second kappa shape index (κ2) is 9.12. The number of methoxy groups -OCH3 is 2. The first kappa shape index (κ1) is 21.6. The molecule has 1 aliphatic heterocycles. The van der Waals surface area contributed by atoms with Crippen molar-refractivity contribution in [3.05, 3.63) is 23.1 Å². The van der Waals surface area contributed by atoms with E-state index >= 15 is 0 Å². The standard InChI is InChI=1S/C20H24N4O5S/c1-12-18(13-7-8-14(28-3)15(10-13)29-4)22-19(30-12)21-16(25)6-5-9-24-17(26)11-23(2)20(24)27/h7-8,10H,5-6,9,11H2,1-4H3,(H,21,22,25). The van der Waals surface area contributed by atoms with Crippen LogP contribution < -0.4 is 14.8 Å². The van der Waals surface area contributed by atoms with Gasteiger partial charge in [0.15, 0.2) is 16.6 Å². The van der Waals surface area contributed by atoms with Gasteiger partial charge in [-0.2, -0.15) is 0 Å². The van der Waals surface area contributed by atoms with Crippen molar-refractivity contribution in [1.29, 1.82) is 0 Å². The molecule has 1 saturated heterocycles. The monoisotopic (exact) mass is 432 g/mol. The van der Waals surface area contributed by atoms with Crippen molar-refractivity contribution in [2.24, 2.45) is 0 Å². The average Bonchev–Trinajstić information content (AvgIpc) is 3.20. The molecular weight excluding hydrogens is 408 g/mol. The predicted octanol–water partition coefficient (Wildman–Crippen LogP) is 2.75. The normalized spacial score (nSPS) is 13.7. The van der Waals surface area contributed by atoms with Crippen LogP contribution in [0.5, 0.6) is 11.5 Å². The van der Waals surface area contributed by atoms with Crippen molar-refractivity contribution >= 4 is 34.3 Å². The largest absolute Gasteiger partial charge is 0.493 e. The molecule has 160 valence electrons. The number of ether oxygens (including phenoxy) is 2. The number of hydrogen-bond donors (Lipinski definition) is 1. The van der Waals surface area contributed by atoms with E-state index in [0.717, 1.165) is 16.1 Å². The van der Waals surface area contributed by atoms with Crippen LogP contribution in [0.15, 0.2) is 18.2 Å². The fraction of sp³-hybridized carbons (Fsp3) is 0.400. The summed E-state index contributed by atoms with van der Waals surface area (Å²) in [5, 5.41) is 3.29. The van der Waals surface area contributed by atoms with Gasteiger partial charge in [-0.3, -0.25) is 14.5 Å². The van der Waals surface area contributed by atoms with E-state index in [1.807, 2.05) is 25.1 Å². The summed E-state index contributed by atoms with van der Waals surface area (Å²) in [6.07, 6.45) is 0.579. The molecule has 0 unspecified atom stereocenters. The highest BCUT2D eigenvalue weighted by Gasteiger charge is 2.32. The number of nitrogens with one attached hydrogen (secondary N) is 1. The summed E-state index contributed by atoms with van der Waals surface area (Å²) >= 11 is 1.38. The molecule has 2 aromatic rings. The molecule has 3 rings (SSSR count). The summed E-state index contributed by atoms with van der Waals surface area (Å²) in [6, 6.07) is 5.21. The van der Waals surface area contributed by atoms with Gasteiger partial charge in [-0.15, -0.1) is 11.3 Å². The minimum atomic E-state index is -0.324. The van der Waals surface area contributed by atoms with Gasteiger partial charge in [0.05, 0.1) is 19.9 Å². The molecule has 1 aromatic carbocycles. The van der Waals surface area contributed by atoms with Gasteiger partial charge in [-0.25, -0.2) is 9.78 Å². The number of aryl methyl sites for hydroxylation is 1. The molecular formula is C20H24N4O5S. The van der Waals surface area contributed by atoms with E-state index in [4.69, 9.17) is 9.47 Å². The van der Waals surface area contributed by atoms with Crippen LogP contribution in [0.2, 0.25) is 0 Å². The van der Waals surface area contributed by atoms with Crippen LogP contribution in [-0.4, -0.2) is 67.0 Å². The first-order valence-corrected chi connectivity index (χ1v) is 10.2. The molecule has 4 amide bonds. The topological polar surface area (TPSA) is 101 Å². The summed E-state index contributed by atoms with van der Waals surface area (Å²) < 4.78 is 10.6. The molecule has 10 heteroatoms. The second-order valence-corrected chi connectivity index (χ2v) is 8.03. The van der Waals surface area contributed by atoms with Crippen LogP contribution in [0.25, 0.3) is 11.3 Å². The Balaban J connectivity index is 1.60. The Morgan fingerprint density at radius 1 is 1.23 bits per heavy atom. The number of benzene rings is 1. The predicted molar refractivity (Wildman–Crippen MR) is 113 cm³/mol. The number of imide groups is 1. The van der Waals surface area contributed by atoms with Crippen molar-refractivity contribution < 1.29 is 23.9 Å². The molecule has 0 radical (unpaired) electrons. The number of rotatable bonds is 8. The first-order chi connectivity index (χ1) is 14.3. The van der Waals surface area contributed by atoms with Crippen LogP contribution in [0.1, 0.15) is 17.7 Å². The van der Waals surface area contributed by atoms with E-state index < -0.39 is 0 Å². The summed E-state index contributed by atoms with van der Waals surface area (Å²) in [7, 11) is 4.73. The van der Waals surface area contributed by atoms with Gasteiger partial charge in [0.2, 0.25) is 11.8 Å². The number of anilines is 1. The van der Waals surface area contributed by atoms with E-state index in [2.05, 4.69) is 10.3 Å². The number of thiazole rings is 1. The Hall–Kier alpha value is -3.14. The Morgan fingerprint density at radius 2 is 1.97 bits per heavy atom. The first-order valence-electron chi connectivity index (χ1n) is 9.39. The number of likely N-dealkylation sites (N-methyl/N-ethyl adjacent to an activating group) is 1. The Kier molecular flexibility index (Phi) is 6.56. The minimum Gasteiger partial charge on any atom is -0.493 e. The second-order valence-electron chi connectivity index (χ2n) is 6.83. The molecule has 1 fully saturated rings. The molecule has 1 N–H and O–H groups in total. The Morgan fingerprint density at radius 3 is 2.60 bits per heavy atom. The maximum absolute atomic E-state index is 12.3. The van der Waals surface area contributed by atoms with Crippen LogP contribution in [-0.2, 0) is 9.59 Å². The smallest absolute Gasteiger partial charge is 0.326 e. The lowest BCUT2D eigenvalue weighted by molar-refractivity contribution is -0.125. The number of aromatic nitrogens is 1. The molecule has 0 spiro atoms. The molecule has 0 aliphatic carbocycles. The number of amides is 4. The van der Waals surface area contributed by atoms with E-state index in [-0.39, 0.29) is 37.4 Å². The maximum Gasteiger partial charge on any atom is 0.326 e. The number of carbonyl (C=O) groups is 3. The van der Waals surface area contributed by atoms with Crippen molar-refractivity contribution in [2.75, 3.05) is 39.7 Å². The summed E-state index contributed by atoms with van der Waals surface area (Å²) in [5.41, 5.74) is 1.62. The summed E-state index contributed by atoms with van der Waals surface area (Å²) in [6.45, 7) is 2.24. The van der Waals surface area contributed by atoms with E-state index in [1.54, 1.807) is 21.3 Å². The number of urea groups is 1. The highest BCUT2D eigenvalue weighted by molar-refractivity contribution is 7.16. The van der Waals surface area contributed by atoms with Gasteiger partial charge in [0, 0.05) is 30.5 Å². The third-order valence-corrected chi connectivity index (χ3v) is 5.60. The zero-order valence-electron chi connectivity index (χ0n) is 17.4. The van der Waals surface area contributed by atoms with E-state index in [9.17, 15) is 14.4 Å². The van der Waals surface area contributed by atoms with Gasteiger partial charge in [0.25, 0.3) is 0 Å². The summed E-state index contributed by atoms with van der Waals surface area (Å²) in [5.74, 6) is 0.779. The SMILES string of the molecule is COc1ccc(-c2nc(NC(=O)CCCN3C(=O)CN(C)C3=O)sc2C)cc1OC. The quantitative estimate of drug-likeness (QED) is 0.644. The van der Waals surface area contributed by atoms with Gasteiger partial charge in [0.1, 0.15) is 6.54 Å². The third kappa shape index (κ3) is 4.54. The van der Waals surface area contributed by atoms with Crippen LogP contribution >= 0.6 is 11.3 Å². The van der Waals surface area contributed by atoms with E-state index in [0.29, 0.717) is 23.1 Å². The van der Waals surface area contributed by atoms with Crippen molar-refractivity contribution in [2.45, 2.75) is 19.8 Å². The Bertz CT molecular complexity index is 974. The van der Waals surface area contributed by atoms with Gasteiger partial charge in [-0.05, 0) is 31.5 Å². The summed E-state index contributed by atoms with van der Waals surface area (Å²) in [4.78, 5) is 43.9. The average molecular weight is 433 g/mol. The molecule has 0 atom stereocenters. The van der Waals surface area contributed by atoms with Crippen LogP contribution in [0.3, 0.4) is 0 Å². The lowest BCUT2D eigenvalue weighted by Crippen LogP contribution is -2.32. The number of carbonyl (C=O) groups excluding carboxylic acids is 3. The third-order valence-electron chi connectivity index (χ3n) is 4.72. The zero-order valence-corrected chi connectivity index (χ0v) is 18.2. The lowest BCUT2D eigenvalue weighted by atomic mass is 10.1. The van der Waals surface area contributed by atoms with Crippen LogP contribution in [0.4, 0.5) is 9.93 Å². The highest BCUT2D eigenvalue weighted by Crippen LogP contribution is 2.36. The molecule has 1 aliphatic rings. The fourth-order valence-electron chi connectivity index (χ4n) is 3.17. The number of nitrogens with zero attached hydrogens (tertiary/aromatic N) is 3.